The summed E-state index contributed by atoms with van der Waals surface area (Å²) < 4.78 is 53.9. The summed E-state index contributed by atoms with van der Waals surface area (Å²) in [4.78, 5) is 0. The van der Waals surface area contributed by atoms with E-state index in [0.29, 0.717) is 0 Å². The Bertz CT molecular complexity index is 935. The topological polar surface area (TPSA) is 159 Å². The zero-order chi connectivity index (χ0) is 19.8. The van der Waals surface area contributed by atoms with Crippen molar-refractivity contribution in [3.63, 3.8) is 0 Å². The number of nitrogens with zero attached hydrogens (tertiary/aromatic N) is 4. The van der Waals surface area contributed by atoms with Crippen molar-refractivity contribution in [1.82, 2.24) is 0 Å². The van der Waals surface area contributed by atoms with Gasteiger partial charge in [-0.2, -0.15) is 27.4 Å². The fourth-order valence-electron chi connectivity index (χ4n) is 1.38. The quantitative estimate of drug-likeness (QED) is 0.460. The van der Waals surface area contributed by atoms with Gasteiger partial charge in [-0.25, -0.2) is 0 Å². The second kappa shape index (κ2) is 8.94. The molecule has 0 radical (unpaired) electrons. The molecule has 0 spiro atoms. The third-order valence-electron chi connectivity index (χ3n) is 2.81. The Labute approximate surface area is 151 Å². The second-order valence-electron chi connectivity index (χ2n) is 4.53. The highest BCUT2D eigenvalue weighted by atomic mass is 32.2. The van der Waals surface area contributed by atoms with Crippen LogP contribution >= 0.6 is 0 Å². The molecule has 12 heteroatoms. The van der Waals surface area contributed by atoms with Gasteiger partial charge in [0.15, 0.2) is 11.4 Å². The van der Waals surface area contributed by atoms with Crippen LogP contribution in [-0.2, 0) is 28.8 Å². The molecule has 10 nitrogen and oxygen atoms in total. The van der Waals surface area contributed by atoms with Crippen LogP contribution in [0.1, 0.15) is 25.0 Å². The van der Waals surface area contributed by atoms with E-state index >= 15 is 0 Å². The average Bonchev–Trinajstić information content (AvgIpc) is 2.63. The van der Waals surface area contributed by atoms with Crippen LogP contribution in [0, 0.1) is 22.7 Å². The first kappa shape index (κ1) is 21.1. The number of rotatable bonds is 8. The van der Waals surface area contributed by atoms with E-state index in [-0.39, 0.29) is 34.1 Å². The SMILES string of the molecule is CCS(=O)(=O)ON=C(C#N)c1cccc(C(C#N)=NOS(=O)(=O)CC)c1. The van der Waals surface area contributed by atoms with Crippen molar-refractivity contribution < 1.29 is 25.4 Å². The van der Waals surface area contributed by atoms with Crippen molar-refractivity contribution in [2.24, 2.45) is 10.3 Å². The summed E-state index contributed by atoms with van der Waals surface area (Å²) in [6.45, 7) is 2.69. The van der Waals surface area contributed by atoms with Gasteiger partial charge in [0.2, 0.25) is 0 Å². The molecule has 0 amide bonds. The fourth-order valence-corrected chi connectivity index (χ4v) is 1.97. The molecule has 26 heavy (non-hydrogen) atoms. The van der Waals surface area contributed by atoms with E-state index in [0.717, 1.165) is 0 Å². The molecule has 138 valence electrons. The van der Waals surface area contributed by atoms with E-state index in [2.05, 4.69) is 18.9 Å². The van der Waals surface area contributed by atoms with Gasteiger partial charge in [0.1, 0.15) is 12.1 Å². The van der Waals surface area contributed by atoms with Crippen LogP contribution in [0.5, 0.6) is 0 Å². The molecule has 0 saturated heterocycles. The normalized spacial score (nSPS) is 12.8. The van der Waals surface area contributed by atoms with Crippen molar-refractivity contribution in [3.05, 3.63) is 35.4 Å². The van der Waals surface area contributed by atoms with Crippen molar-refractivity contribution in [2.45, 2.75) is 13.8 Å². The third-order valence-corrected chi connectivity index (χ3v) is 4.83. The van der Waals surface area contributed by atoms with Gasteiger partial charge in [0.25, 0.3) is 0 Å². The molecule has 1 aromatic rings. The largest absolute Gasteiger partial charge is 0.328 e. The maximum atomic E-state index is 11.3. The summed E-state index contributed by atoms with van der Waals surface area (Å²) in [5.41, 5.74) is -0.443. The summed E-state index contributed by atoms with van der Waals surface area (Å²) in [5, 5.41) is 24.8. The number of hydrogen-bond donors (Lipinski definition) is 0. The Morgan fingerprint density at radius 2 is 1.31 bits per heavy atom. The highest BCUT2D eigenvalue weighted by Gasteiger charge is 2.13. The molecule has 0 aliphatic rings. The van der Waals surface area contributed by atoms with Crippen molar-refractivity contribution in [1.29, 1.82) is 10.5 Å². The minimum atomic E-state index is -3.89. The molecule has 0 aliphatic carbocycles. The van der Waals surface area contributed by atoms with Gasteiger partial charge in [0, 0.05) is 11.1 Å². The molecule has 0 heterocycles. The predicted molar refractivity (Wildman–Crippen MR) is 91.8 cm³/mol. The lowest BCUT2D eigenvalue weighted by Gasteiger charge is -2.03. The summed E-state index contributed by atoms with van der Waals surface area (Å²) in [6, 6.07) is 8.92. The van der Waals surface area contributed by atoms with E-state index < -0.39 is 20.2 Å². The van der Waals surface area contributed by atoms with Gasteiger partial charge < -0.3 is 0 Å². The van der Waals surface area contributed by atoms with Crippen LogP contribution in [0.2, 0.25) is 0 Å². The fraction of sp³-hybridized carbons (Fsp3) is 0.286. The highest BCUT2D eigenvalue weighted by Crippen LogP contribution is 2.10. The smallest absolute Gasteiger partial charge is 0.267 e. The van der Waals surface area contributed by atoms with E-state index in [1.54, 1.807) is 12.1 Å². The minimum Gasteiger partial charge on any atom is -0.267 e. The molecule has 0 aliphatic heterocycles. The maximum Gasteiger partial charge on any atom is 0.328 e. The van der Waals surface area contributed by atoms with Gasteiger partial charge in [0.05, 0.1) is 11.5 Å². The van der Waals surface area contributed by atoms with Crippen LogP contribution in [0.3, 0.4) is 0 Å². The molecule has 0 atom stereocenters. The molecule has 1 rings (SSSR count). The van der Waals surface area contributed by atoms with Crippen molar-refractivity contribution >= 4 is 31.7 Å². The molecular formula is C14H14N4O6S2. The zero-order valence-corrected chi connectivity index (χ0v) is 15.4. The van der Waals surface area contributed by atoms with Gasteiger partial charge in [-0.15, -0.1) is 0 Å². The summed E-state index contributed by atoms with van der Waals surface area (Å²) in [5.74, 6) is -0.659. The second-order valence-corrected chi connectivity index (χ2v) is 8.21. The lowest BCUT2D eigenvalue weighted by molar-refractivity contribution is 0.340. The third kappa shape index (κ3) is 6.16. The van der Waals surface area contributed by atoms with E-state index in [1.807, 2.05) is 0 Å². The number of hydrogen-bond acceptors (Lipinski definition) is 10. The van der Waals surface area contributed by atoms with Crippen molar-refractivity contribution in [2.75, 3.05) is 11.5 Å². The Morgan fingerprint density at radius 1 is 0.923 bits per heavy atom. The Morgan fingerprint density at radius 3 is 1.62 bits per heavy atom. The van der Waals surface area contributed by atoms with Crippen molar-refractivity contribution in [3.8, 4) is 12.1 Å². The molecule has 0 bridgehead atoms. The molecule has 1 aromatic carbocycles. The summed E-state index contributed by atoms with van der Waals surface area (Å²) in [6.07, 6.45) is 0. The maximum absolute atomic E-state index is 11.3. The first-order chi connectivity index (χ1) is 12.2. The lowest BCUT2D eigenvalue weighted by Crippen LogP contribution is -2.09. The average molecular weight is 398 g/mol. The van der Waals surface area contributed by atoms with Crippen LogP contribution in [0.25, 0.3) is 0 Å². The van der Waals surface area contributed by atoms with E-state index in [4.69, 9.17) is 10.5 Å². The van der Waals surface area contributed by atoms with Gasteiger partial charge in [-0.3, -0.25) is 8.57 Å². The van der Waals surface area contributed by atoms with Gasteiger partial charge in [-0.05, 0) is 19.9 Å². The van der Waals surface area contributed by atoms with Crippen LogP contribution < -0.4 is 0 Å². The Balaban J connectivity index is 3.24. The predicted octanol–water partition coefficient (Wildman–Crippen LogP) is 0.875. The van der Waals surface area contributed by atoms with Gasteiger partial charge >= 0.3 is 20.2 Å². The minimum absolute atomic E-state index is 0.137. The van der Waals surface area contributed by atoms with Crippen LogP contribution in [-0.4, -0.2) is 39.8 Å². The van der Waals surface area contributed by atoms with Crippen LogP contribution in [0.15, 0.2) is 34.6 Å². The van der Waals surface area contributed by atoms with E-state index in [1.165, 1.54) is 38.1 Å². The van der Waals surface area contributed by atoms with Gasteiger partial charge in [-0.1, -0.05) is 28.5 Å². The molecule has 0 unspecified atom stereocenters. The molecular weight excluding hydrogens is 384 g/mol. The number of oxime groups is 2. The first-order valence-corrected chi connectivity index (χ1v) is 10.2. The molecule has 0 saturated carbocycles. The zero-order valence-electron chi connectivity index (χ0n) is 13.8. The molecule has 0 N–H and O–H groups in total. The lowest BCUT2D eigenvalue weighted by atomic mass is 10.0. The highest BCUT2D eigenvalue weighted by molar-refractivity contribution is 7.86. The number of benzene rings is 1. The monoisotopic (exact) mass is 398 g/mol. The molecule has 0 fully saturated rings. The Hall–Kier alpha value is -2.96. The van der Waals surface area contributed by atoms with Crippen LogP contribution in [0.4, 0.5) is 0 Å². The number of nitriles is 2. The summed E-state index contributed by atoms with van der Waals surface area (Å²) in [7, 11) is -7.79. The molecule has 0 aromatic heterocycles. The van der Waals surface area contributed by atoms with E-state index in [9.17, 15) is 16.8 Å². The standard InChI is InChI=1S/C14H14N4O6S2/c1-3-25(19,20)23-17-13(9-15)11-6-5-7-12(8-11)14(10-16)18-24-26(21,22)4-2/h5-8H,3-4H2,1-2H3. The first-order valence-electron chi connectivity index (χ1n) is 7.07. The Kier molecular flexibility index (Phi) is 7.25. The summed E-state index contributed by atoms with van der Waals surface area (Å²) >= 11 is 0.